The molecule has 0 saturated carbocycles. The number of nitrogens with zero attached hydrogens (tertiary/aromatic N) is 2. The normalized spacial score (nSPS) is 18.6. The van der Waals surface area contributed by atoms with Crippen LogP contribution in [0.5, 0.6) is 5.75 Å². The van der Waals surface area contributed by atoms with Crippen LogP contribution in [-0.4, -0.2) is 29.7 Å². The van der Waals surface area contributed by atoms with E-state index in [0.717, 1.165) is 32.0 Å². The van der Waals surface area contributed by atoms with Crippen molar-refractivity contribution in [1.29, 1.82) is 0 Å². The molecule has 2 rings (SSSR count). The van der Waals surface area contributed by atoms with Gasteiger partial charge in [0.25, 0.3) is 0 Å². The lowest BCUT2D eigenvalue weighted by Gasteiger charge is -2.28. The fraction of sp³-hybridized carbons (Fsp3) is 0.692. The van der Waals surface area contributed by atoms with Gasteiger partial charge >= 0.3 is 0 Å². The molecule has 1 atom stereocenters. The summed E-state index contributed by atoms with van der Waals surface area (Å²) in [5.74, 6) is 2.23. The molecular weight excluding hydrogens is 250 g/mol. The molecule has 1 aromatic rings. The van der Waals surface area contributed by atoms with Crippen LogP contribution < -0.4 is 10.1 Å². The lowest BCUT2D eigenvalue weighted by molar-refractivity contribution is 0.215. The second kappa shape index (κ2) is 6.90. The summed E-state index contributed by atoms with van der Waals surface area (Å²) in [6.45, 7) is 5.34. The van der Waals surface area contributed by atoms with Crippen molar-refractivity contribution in [2.75, 3.05) is 19.7 Å². The summed E-state index contributed by atoms with van der Waals surface area (Å²) in [5.41, 5.74) is 0. The van der Waals surface area contributed by atoms with Crippen LogP contribution in [0, 0.1) is 11.8 Å². The highest BCUT2D eigenvalue weighted by atomic mass is 35.5. The maximum absolute atomic E-state index is 5.62. The summed E-state index contributed by atoms with van der Waals surface area (Å²) in [4.78, 5) is 7.78. The average molecular weight is 270 g/mol. The molecule has 4 nitrogen and oxygen atoms in total. The first-order valence-electron chi connectivity index (χ1n) is 6.57. The summed E-state index contributed by atoms with van der Waals surface area (Å²) < 4.78 is 5.62. The van der Waals surface area contributed by atoms with Crippen molar-refractivity contribution in [2.24, 2.45) is 11.8 Å². The minimum absolute atomic E-state index is 0.255. The molecule has 0 aromatic carbocycles. The van der Waals surface area contributed by atoms with Gasteiger partial charge in [-0.3, -0.25) is 0 Å². The third-order valence-corrected chi connectivity index (χ3v) is 3.82. The smallest absolute Gasteiger partial charge is 0.222 e. The number of halogens is 1. The van der Waals surface area contributed by atoms with Gasteiger partial charge in [-0.05, 0) is 55.8 Å². The van der Waals surface area contributed by atoms with Crippen LogP contribution in [0.15, 0.2) is 12.4 Å². The third-order valence-electron chi connectivity index (χ3n) is 3.63. The van der Waals surface area contributed by atoms with E-state index in [4.69, 9.17) is 16.3 Å². The van der Waals surface area contributed by atoms with Crippen molar-refractivity contribution in [3.05, 3.63) is 17.7 Å². The number of rotatable bonds is 5. The standard InChI is InChI=1S/C13H20ClN3O/c1-10(11-2-5-15-6-3-11)4-7-18-12-8-16-13(14)17-9-12/h8-11,15H,2-7H2,1H3/t10-/m1/s1. The molecule has 1 fully saturated rings. The van der Waals surface area contributed by atoms with Crippen molar-refractivity contribution in [3.63, 3.8) is 0 Å². The Bertz CT molecular complexity index is 352. The number of hydrogen-bond donors (Lipinski definition) is 1. The molecule has 2 heterocycles. The Morgan fingerprint density at radius 3 is 2.72 bits per heavy atom. The van der Waals surface area contributed by atoms with E-state index in [9.17, 15) is 0 Å². The molecule has 5 heteroatoms. The van der Waals surface area contributed by atoms with E-state index in [-0.39, 0.29) is 5.28 Å². The summed E-state index contributed by atoms with van der Waals surface area (Å²) in [5, 5.41) is 3.65. The highest BCUT2D eigenvalue weighted by Crippen LogP contribution is 2.24. The van der Waals surface area contributed by atoms with E-state index in [2.05, 4.69) is 22.2 Å². The van der Waals surface area contributed by atoms with Crippen LogP contribution in [0.25, 0.3) is 0 Å². The molecule has 0 amide bonds. The molecule has 18 heavy (non-hydrogen) atoms. The van der Waals surface area contributed by atoms with Gasteiger partial charge in [0.15, 0.2) is 5.75 Å². The van der Waals surface area contributed by atoms with Crippen molar-refractivity contribution in [2.45, 2.75) is 26.2 Å². The molecule has 0 spiro atoms. The van der Waals surface area contributed by atoms with Gasteiger partial charge in [-0.2, -0.15) is 0 Å². The molecule has 100 valence electrons. The lowest BCUT2D eigenvalue weighted by atomic mass is 9.84. The van der Waals surface area contributed by atoms with E-state index in [1.807, 2.05) is 0 Å². The first-order chi connectivity index (χ1) is 8.75. The molecular formula is C13H20ClN3O. The maximum Gasteiger partial charge on any atom is 0.222 e. The zero-order valence-electron chi connectivity index (χ0n) is 10.7. The fourth-order valence-electron chi connectivity index (χ4n) is 2.39. The van der Waals surface area contributed by atoms with Gasteiger partial charge in [0, 0.05) is 0 Å². The second-order valence-electron chi connectivity index (χ2n) is 4.89. The predicted molar refractivity (Wildman–Crippen MR) is 71.9 cm³/mol. The zero-order chi connectivity index (χ0) is 12.8. The second-order valence-corrected chi connectivity index (χ2v) is 5.23. The molecule has 1 saturated heterocycles. The quantitative estimate of drug-likeness (QED) is 0.835. The third kappa shape index (κ3) is 4.10. The molecule has 1 aliphatic heterocycles. The van der Waals surface area contributed by atoms with Crippen LogP contribution in [-0.2, 0) is 0 Å². The Labute approximate surface area is 113 Å². The highest BCUT2D eigenvalue weighted by molar-refractivity contribution is 6.28. The van der Waals surface area contributed by atoms with E-state index >= 15 is 0 Å². The van der Waals surface area contributed by atoms with Crippen LogP contribution in [0.4, 0.5) is 0 Å². The van der Waals surface area contributed by atoms with Crippen LogP contribution in [0.1, 0.15) is 26.2 Å². The Balaban J connectivity index is 1.69. The van der Waals surface area contributed by atoms with Gasteiger partial charge < -0.3 is 10.1 Å². The van der Waals surface area contributed by atoms with E-state index in [1.165, 1.54) is 12.8 Å². The van der Waals surface area contributed by atoms with Gasteiger partial charge in [-0.15, -0.1) is 0 Å². The summed E-state index contributed by atoms with van der Waals surface area (Å²) in [6.07, 6.45) is 6.87. The summed E-state index contributed by atoms with van der Waals surface area (Å²) in [6, 6.07) is 0. The molecule has 0 unspecified atom stereocenters. The Morgan fingerprint density at radius 1 is 1.39 bits per heavy atom. The molecule has 1 aromatic heterocycles. The van der Waals surface area contributed by atoms with Crippen molar-refractivity contribution < 1.29 is 4.74 Å². The number of piperidine rings is 1. The van der Waals surface area contributed by atoms with Crippen LogP contribution in [0.3, 0.4) is 0 Å². The summed E-state index contributed by atoms with van der Waals surface area (Å²) >= 11 is 5.61. The number of hydrogen-bond acceptors (Lipinski definition) is 4. The van der Waals surface area contributed by atoms with E-state index in [0.29, 0.717) is 11.7 Å². The Morgan fingerprint density at radius 2 is 2.06 bits per heavy atom. The minimum Gasteiger partial charge on any atom is -0.490 e. The molecule has 0 bridgehead atoms. The zero-order valence-corrected chi connectivity index (χ0v) is 11.5. The minimum atomic E-state index is 0.255. The molecule has 1 N–H and O–H groups in total. The van der Waals surface area contributed by atoms with Gasteiger partial charge in [0.1, 0.15) is 0 Å². The topological polar surface area (TPSA) is 47.0 Å². The monoisotopic (exact) mass is 269 g/mol. The Hall–Kier alpha value is -0.870. The highest BCUT2D eigenvalue weighted by Gasteiger charge is 2.19. The SMILES string of the molecule is C[C@H](CCOc1cnc(Cl)nc1)C1CCNCC1. The maximum atomic E-state index is 5.62. The Kier molecular flexibility index (Phi) is 5.20. The number of aromatic nitrogens is 2. The number of nitrogens with one attached hydrogen (secondary N) is 1. The van der Waals surface area contributed by atoms with Gasteiger partial charge in [-0.25, -0.2) is 9.97 Å². The number of ether oxygens (including phenoxy) is 1. The van der Waals surface area contributed by atoms with Gasteiger partial charge in [0.05, 0.1) is 19.0 Å². The van der Waals surface area contributed by atoms with E-state index < -0.39 is 0 Å². The van der Waals surface area contributed by atoms with Crippen molar-refractivity contribution in [3.8, 4) is 5.75 Å². The summed E-state index contributed by atoms with van der Waals surface area (Å²) in [7, 11) is 0. The predicted octanol–water partition coefficient (Wildman–Crippen LogP) is 2.53. The van der Waals surface area contributed by atoms with Crippen LogP contribution >= 0.6 is 11.6 Å². The van der Waals surface area contributed by atoms with Gasteiger partial charge in [-0.1, -0.05) is 6.92 Å². The van der Waals surface area contributed by atoms with Crippen molar-refractivity contribution in [1.82, 2.24) is 15.3 Å². The van der Waals surface area contributed by atoms with E-state index in [1.54, 1.807) is 12.4 Å². The average Bonchev–Trinajstić information content (AvgIpc) is 2.42. The fourth-order valence-corrected chi connectivity index (χ4v) is 2.48. The van der Waals surface area contributed by atoms with Crippen LogP contribution in [0.2, 0.25) is 5.28 Å². The largest absolute Gasteiger partial charge is 0.490 e. The van der Waals surface area contributed by atoms with Crippen molar-refractivity contribution >= 4 is 11.6 Å². The molecule has 0 aliphatic carbocycles. The molecule has 1 aliphatic rings. The first kappa shape index (κ1) is 13.6. The lowest BCUT2D eigenvalue weighted by Crippen LogP contribution is -2.31. The van der Waals surface area contributed by atoms with Gasteiger partial charge in [0.2, 0.25) is 5.28 Å². The first-order valence-corrected chi connectivity index (χ1v) is 6.94. The molecule has 0 radical (unpaired) electrons.